The van der Waals surface area contributed by atoms with Crippen molar-refractivity contribution in [2.45, 2.75) is 12.5 Å². The quantitative estimate of drug-likeness (QED) is 0.633. The molecule has 1 unspecified atom stereocenters. The third kappa shape index (κ3) is 3.62. The summed E-state index contributed by atoms with van der Waals surface area (Å²) in [5, 5.41) is 2.78. The molecule has 0 aliphatic carbocycles. The first-order chi connectivity index (χ1) is 7.61. The van der Waals surface area contributed by atoms with Crippen LogP contribution in [0.3, 0.4) is 0 Å². The van der Waals surface area contributed by atoms with Crippen molar-refractivity contribution >= 4 is 6.03 Å². The highest BCUT2D eigenvalue weighted by Crippen LogP contribution is 2.15. The second-order valence-corrected chi connectivity index (χ2v) is 4.15. The molecule has 0 radical (unpaired) electrons. The first-order valence-corrected chi connectivity index (χ1v) is 5.47. The van der Waals surface area contributed by atoms with Crippen LogP contribution in [-0.4, -0.2) is 63.0 Å². The number of amides is 2. The second-order valence-electron chi connectivity index (χ2n) is 4.15. The van der Waals surface area contributed by atoms with Gasteiger partial charge in [-0.15, -0.1) is 0 Å². The first kappa shape index (κ1) is 13.2. The Morgan fingerprint density at radius 1 is 1.69 bits per heavy atom. The highest BCUT2D eigenvalue weighted by atomic mass is 16.5. The van der Waals surface area contributed by atoms with Crippen molar-refractivity contribution < 1.29 is 14.3 Å². The number of hydrogen-bond donors (Lipinski definition) is 2. The maximum atomic E-state index is 11.7. The molecule has 1 atom stereocenters. The molecule has 1 fully saturated rings. The number of urea groups is 1. The molecule has 0 saturated carbocycles. The topological polar surface area (TPSA) is 76.8 Å². The van der Waals surface area contributed by atoms with Crippen molar-refractivity contribution in [1.82, 2.24) is 10.2 Å². The van der Waals surface area contributed by atoms with Gasteiger partial charge in [0, 0.05) is 26.7 Å². The van der Waals surface area contributed by atoms with E-state index in [1.54, 1.807) is 12.0 Å². The van der Waals surface area contributed by atoms with E-state index in [0.717, 1.165) is 0 Å². The molecule has 0 bridgehead atoms. The zero-order valence-electron chi connectivity index (χ0n) is 9.99. The highest BCUT2D eigenvalue weighted by Gasteiger charge is 2.32. The number of carbonyl (C=O) groups excluding carboxylic acids is 1. The Bertz CT molecular complexity index is 237. The molecule has 0 aromatic carbocycles. The van der Waals surface area contributed by atoms with E-state index in [9.17, 15) is 4.79 Å². The molecule has 1 saturated heterocycles. The Labute approximate surface area is 96.1 Å². The molecule has 1 rings (SSSR count). The van der Waals surface area contributed by atoms with Gasteiger partial charge in [0.1, 0.15) is 0 Å². The predicted octanol–water partition coefficient (Wildman–Crippen LogP) is -0.608. The van der Waals surface area contributed by atoms with Gasteiger partial charge >= 0.3 is 6.03 Å². The number of hydrogen-bond acceptors (Lipinski definition) is 4. The van der Waals surface area contributed by atoms with Crippen molar-refractivity contribution in [1.29, 1.82) is 0 Å². The van der Waals surface area contributed by atoms with Crippen LogP contribution in [0, 0.1) is 0 Å². The van der Waals surface area contributed by atoms with Crippen LogP contribution in [0.2, 0.25) is 0 Å². The lowest BCUT2D eigenvalue weighted by Gasteiger charge is -2.39. The highest BCUT2D eigenvalue weighted by molar-refractivity contribution is 5.74. The summed E-state index contributed by atoms with van der Waals surface area (Å²) in [6.45, 7) is 5.04. The number of morpholine rings is 1. The summed E-state index contributed by atoms with van der Waals surface area (Å²) in [5.74, 6) is 0. The number of ether oxygens (including phenoxy) is 2. The van der Waals surface area contributed by atoms with E-state index in [1.807, 2.05) is 6.92 Å². The maximum Gasteiger partial charge on any atom is 0.317 e. The van der Waals surface area contributed by atoms with Crippen LogP contribution in [0.1, 0.15) is 6.92 Å². The van der Waals surface area contributed by atoms with Gasteiger partial charge in [0.25, 0.3) is 0 Å². The summed E-state index contributed by atoms with van der Waals surface area (Å²) in [5.41, 5.74) is 5.20. The fourth-order valence-electron chi connectivity index (χ4n) is 1.60. The molecule has 0 aromatic rings. The van der Waals surface area contributed by atoms with E-state index in [4.69, 9.17) is 15.2 Å². The Balaban J connectivity index is 2.38. The third-order valence-corrected chi connectivity index (χ3v) is 2.64. The van der Waals surface area contributed by atoms with Gasteiger partial charge in [0.05, 0.1) is 25.4 Å². The van der Waals surface area contributed by atoms with Gasteiger partial charge < -0.3 is 25.4 Å². The van der Waals surface area contributed by atoms with Crippen molar-refractivity contribution in [3.05, 3.63) is 0 Å². The summed E-state index contributed by atoms with van der Waals surface area (Å²) in [6.07, 6.45) is 0. The monoisotopic (exact) mass is 231 g/mol. The van der Waals surface area contributed by atoms with E-state index in [-0.39, 0.29) is 6.03 Å². The van der Waals surface area contributed by atoms with Crippen molar-refractivity contribution in [3.63, 3.8) is 0 Å². The fraction of sp³-hybridized carbons (Fsp3) is 0.900. The number of nitrogens with two attached hydrogens (primary N) is 1. The molecule has 1 aliphatic rings. The number of rotatable bonds is 4. The first-order valence-electron chi connectivity index (χ1n) is 5.47. The molecular weight excluding hydrogens is 210 g/mol. The number of nitrogens with zero attached hydrogens (tertiary/aromatic N) is 1. The van der Waals surface area contributed by atoms with Crippen LogP contribution >= 0.6 is 0 Å². The van der Waals surface area contributed by atoms with Gasteiger partial charge in [-0.1, -0.05) is 0 Å². The summed E-state index contributed by atoms with van der Waals surface area (Å²) >= 11 is 0. The molecule has 1 heterocycles. The molecule has 6 nitrogen and oxygen atoms in total. The number of carbonyl (C=O) groups is 1. The largest absolute Gasteiger partial charge is 0.383 e. The molecule has 2 amide bonds. The summed E-state index contributed by atoms with van der Waals surface area (Å²) < 4.78 is 10.4. The van der Waals surface area contributed by atoms with E-state index in [2.05, 4.69) is 5.32 Å². The Hall–Kier alpha value is -0.850. The zero-order valence-corrected chi connectivity index (χ0v) is 9.99. The number of methoxy groups -OCH3 is 1. The van der Waals surface area contributed by atoms with E-state index in [1.165, 1.54) is 0 Å². The Kier molecular flexibility index (Phi) is 4.98. The standard InChI is InChI=1S/C10H21N3O3/c1-10(7-11)8-13(4-6-16-10)9(14)12-3-5-15-2/h3-8,11H2,1-2H3,(H,12,14). The van der Waals surface area contributed by atoms with Crippen molar-refractivity contribution in [2.75, 3.05) is 46.5 Å². The minimum atomic E-state index is -0.420. The summed E-state index contributed by atoms with van der Waals surface area (Å²) in [4.78, 5) is 13.5. The number of nitrogens with one attached hydrogen (secondary N) is 1. The van der Waals surface area contributed by atoms with Gasteiger partial charge in [-0.3, -0.25) is 0 Å². The molecule has 1 aliphatic heterocycles. The van der Waals surface area contributed by atoms with Crippen LogP contribution in [0.25, 0.3) is 0 Å². The summed E-state index contributed by atoms with van der Waals surface area (Å²) in [6, 6.07) is -0.0833. The fourth-order valence-corrected chi connectivity index (χ4v) is 1.60. The second kappa shape index (κ2) is 6.03. The van der Waals surface area contributed by atoms with Crippen LogP contribution in [0.5, 0.6) is 0 Å². The lowest BCUT2D eigenvalue weighted by atomic mass is 10.1. The average molecular weight is 231 g/mol. The third-order valence-electron chi connectivity index (χ3n) is 2.64. The Morgan fingerprint density at radius 2 is 2.44 bits per heavy atom. The van der Waals surface area contributed by atoms with Crippen LogP contribution in [-0.2, 0) is 9.47 Å². The predicted molar refractivity (Wildman–Crippen MR) is 60.3 cm³/mol. The van der Waals surface area contributed by atoms with Crippen LogP contribution < -0.4 is 11.1 Å². The van der Waals surface area contributed by atoms with Gasteiger partial charge in [-0.25, -0.2) is 4.79 Å². The molecular formula is C10H21N3O3. The molecule has 0 spiro atoms. The van der Waals surface area contributed by atoms with Gasteiger partial charge in [0.15, 0.2) is 0 Å². The van der Waals surface area contributed by atoms with Gasteiger partial charge in [-0.2, -0.15) is 0 Å². The van der Waals surface area contributed by atoms with E-state index >= 15 is 0 Å². The minimum Gasteiger partial charge on any atom is -0.383 e. The van der Waals surface area contributed by atoms with Crippen molar-refractivity contribution in [2.24, 2.45) is 5.73 Å². The molecule has 3 N–H and O–H groups in total. The van der Waals surface area contributed by atoms with Gasteiger partial charge in [-0.05, 0) is 6.92 Å². The van der Waals surface area contributed by atoms with Crippen LogP contribution in [0.4, 0.5) is 4.79 Å². The van der Waals surface area contributed by atoms with E-state index in [0.29, 0.717) is 39.4 Å². The zero-order chi connectivity index (χ0) is 12.0. The minimum absolute atomic E-state index is 0.0833. The van der Waals surface area contributed by atoms with Crippen LogP contribution in [0.15, 0.2) is 0 Å². The normalized spacial score (nSPS) is 25.6. The SMILES string of the molecule is COCCNC(=O)N1CCOC(C)(CN)C1. The van der Waals surface area contributed by atoms with Crippen molar-refractivity contribution in [3.8, 4) is 0 Å². The Morgan fingerprint density at radius 3 is 3.06 bits per heavy atom. The smallest absolute Gasteiger partial charge is 0.317 e. The average Bonchev–Trinajstić information content (AvgIpc) is 2.29. The maximum absolute atomic E-state index is 11.7. The van der Waals surface area contributed by atoms with E-state index < -0.39 is 5.60 Å². The lowest BCUT2D eigenvalue weighted by molar-refractivity contribution is -0.0791. The molecule has 16 heavy (non-hydrogen) atoms. The summed E-state index contributed by atoms with van der Waals surface area (Å²) in [7, 11) is 1.60. The molecule has 6 heteroatoms. The van der Waals surface area contributed by atoms with Gasteiger partial charge in [0.2, 0.25) is 0 Å². The molecule has 0 aromatic heterocycles. The molecule has 94 valence electrons. The lowest BCUT2D eigenvalue weighted by Crippen LogP contribution is -2.57.